The first-order chi connectivity index (χ1) is 19.6. The Bertz CT molecular complexity index is 1740. The Hall–Kier alpha value is -4.43. The lowest BCUT2D eigenvalue weighted by atomic mass is 9.59. The molecule has 0 spiro atoms. The van der Waals surface area contributed by atoms with E-state index >= 15 is 4.39 Å². The van der Waals surface area contributed by atoms with Gasteiger partial charge in [-0.15, -0.1) is 0 Å². The summed E-state index contributed by atoms with van der Waals surface area (Å²) in [5.41, 5.74) is 0.711. The van der Waals surface area contributed by atoms with Crippen LogP contribution >= 0.6 is 0 Å². The van der Waals surface area contributed by atoms with Crippen LogP contribution in [0, 0.1) is 22.6 Å². The van der Waals surface area contributed by atoms with Gasteiger partial charge in [-0.25, -0.2) is 9.37 Å². The second-order valence-electron chi connectivity index (χ2n) is 10.9. The third-order valence-corrected chi connectivity index (χ3v) is 8.05. The van der Waals surface area contributed by atoms with Gasteiger partial charge in [0.05, 0.1) is 28.6 Å². The SMILES string of the molecule is CNC(=O)c1cccc(OC(F)F)c1[C@H]1CCc2nc3ccc(-c4cnc([C@]5(O)C[C@@](C)(C#N)C5)c(F)c4)cc3n21. The molecule has 1 aliphatic carbocycles. The molecule has 8 nitrogen and oxygen atoms in total. The smallest absolute Gasteiger partial charge is 0.387 e. The maximum atomic E-state index is 15.2. The molecule has 2 aromatic heterocycles. The summed E-state index contributed by atoms with van der Waals surface area (Å²) < 4.78 is 48.7. The van der Waals surface area contributed by atoms with E-state index in [0.717, 1.165) is 5.82 Å². The molecule has 6 rings (SSSR count). The number of carbonyl (C=O) groups is 1. The van der Waals surface area contributed by atoms with Gasteiger partial charge in [0.1, 0.15) is 28.7 Å². The number of aromatic nitrogens is 3. The van der Waals surface area contributed by atoms with Gasteiger partial charge < -0.3 is 19.7 Å². The van der Waals surface area contributed by atoms with Gasteiger partial charge in [0.2, 0.25) is 0 Å². The predicted molar refractivity (Wildman–Crippen MR) is 143 cm³/mol. The van der Waals surface area contributed by atoms with Crippen molar-refractivity contribution in [2.75, 3.05) is 7.05 Å². The highest BCUT2D eigenvalue weighted by molar-refractivity contribution is 5.96. The Morgan fingerprint density at radius 1 is 1.24 bits per heavy atom. The Morgan fingerprint density at radius 3 is 2.71 bits per heavy atom. The van der Waals surface area contributed by atoms with Gasteiger partial charge in [-0.2, -0.15) is 14.0 Å². The monoisotopic (exact) mass is 561 g/mol. The molecule has 0 saturated heterocycles. The van der Waals surface area contributed by atoms with Gasteiger partial charge in [-0.1, -0.05) is 12.1 Å². The zero-order valence-corrected chi connectivity index (χ0v) is 22.3. The second-order valence-corrected chi connectivity index (χ2v) is 10.9. The lowest BCUT2D eigenvalue weighted by molar-refractivity contribution is -0.108. The lowest BCUT2D eigenvalue weighted by Crippen LogP contribution is -2.48. The summed E-state index contributed by atoms with van der Waals surface area (Å²) in [5.74, 6) is -0.456. The quantitative estimate of drug-likeness (QED) is 0.333. The summed E-state index contributed by atoms with van der Waals surface area (Å²) >= 11 is 0. The predicted octanol–water partition coefficient (Wildman–Crippen LogP) is 5.25. The number of pyridine rings is 1. The molecule has 1 saturated carbocycles. The van der Waals surface area contributed by atoms with Crippen molar-refractivity contribution < 1.29 is 27.8 Å². The molecule has 1 fully saturated rings. The van der Waals surface area contributed by atoms with Crippen molar-refractivity contribution in [3.05, 3.63) is 77.1 Å². The van der Waals surface area contributed by atoms with Crippen LogP contribution in [-0.4, -0.2) is 39.2 Å². The normalized spacial score (nSPS) is 23.2. The van der Waals surface area contributed by atoms with Crippen LogP contribution in [0.2, 0.25) is 0 Å². The number of carbonyl (C=O) groups excluding carboxylic acids is 1. The number of imidazole rings is 1. The fraction of sp³-hybridized carbons (Fsp3) is 0.333. The molecular formula is C30H26F3N5O3. The number of amides is 1. The molecule has 4 aromatic rings. The largest absolute Gasteiger partial charge is 0.434 e. The molecule has 1 amide bonds. The Morgan fingerprint density at radius 2 is 2.02 bits per heavy atom. The Balaban J connectivity index is 1.41. The minimum absolute atomic E-state index is 0.0831. The number of aryl methyl sites for hydroxylation is 1. The summed E-state index contributed by atoms with van der Waals surface area (Å²) in [6, 6.07) is 12.8. The molecule has 210 valence electrons. The number of ether oxygens (including phenoxy) is 1. The second kappa shape index (κ2) is 9.59. The van der Waals surface area contributed by atoms with E-state index in [1.54, 1.807) is 25.1 Å². The van der Waals surface area contributed by atoms with E-state index in [9.17, 15) is 23.9 Å². The van der Waals surface area contributed by atoms with Crippen LogP contribution in [-0.2, 0) is 12.0 Å². The first-order valence-electron chi connectivity index (χ1n) is 13.2. The Kier molecular flexibility index (Phi) is 6.26. The summed E-state index contributed by atoms with van der Waals surface area (Å²) in [5, 5.41) is 22.7. The van der Waals surface area contributed by atoms with Crippen LogP contribution in [0.4, 0.5) is 13.2 Å². The fourth-order valence-corrected chi connectivity index (χ4v) is 6.36. The van der Waals surface area contributed by atoms with Crippen molar-refractivity contribution >= 4 is 16.9 Å². The van der Waals surface area contributed by atoms with Gasteiger partial charge in [-0.3, -0.25) is 9.78 Å². The van der Waals surface area contributed by atoms with E-state index in [0.29, 0.717) is 40.6 Å². The topological polar surface area (TPSA) is 113 Å². The molecule has 41 heavy (non-hydrogen) atoms. The van der Waals surface area contributed by atoms with Gasteiger partial charge >= 0.3 is 6.61 Å². The summed E-state index contributed by atoms with van der Waals surface area (Å²) in [4.78, 5) is 21.7. The van der Waals surface area contributed by atoms with E-state index < -0.39 is 35.4 Å². The molecular weight excluding hydrogens is 535 g/mol. The number of hydrogen-bond acceptors (Lipinski definition) is 6. The van der Waals surface area contributed by atoms with Crippen molar-refractivity contribution in [3.63, 3.8) is 0 Å². The zero-order chi connectivity index (χ0) is 29.1. The molecule has 11 heteroatoms. The van der Waals surface area contributed by atoms with E-state index in [1.807, 2.05) is 10.6 Å². The van der Waals surface area contributed by atoms with Crippen molar-refractivity contribution in [2.24, 2.45) is 5.41 Å². The van der Waals surface area contributed by atoms with Gasteiger partial charge in [0.25, 0.3) is 5.91 Å². The maximum Gasteiger partial charge on any atom is 0.387 e. The molecule has 1 atom stereocenters. The minimum atomic E-state index is -3.07. The number of nitrogens with zero attached hydrogens (tertiary/aromatic N) is 4. The van der Waals surface area contributed by atoms with Crippen molar-refractivity contribution in [1.29, 1.82) is 5.26 Å². The minimum Gasteiger partial charge on any atom is -0.434 e. The average Bonchev–Trinajstić information content (AvgIpc) is 3.50. The lowest BCUT2D eigenvalue weighted by Gasteiger charge is -2.46. The molecule has 1 aliphatic heterocycles. The molecule has 2 N–H and O–H groups in total. The average molecular weight is 562 g/mol. The van der Waals surface area contributed by atoms with Crippen LogP contribution in [0.3, 0.4) is 0 Å². The molecule has 0 bridgehead atoms. The van der Waals surface area contributed by atoms with Crippen LogP contribution in [0.5, 0.6) is 5.75 Å². The third kappa shape index (κ3) is 4.39. The third-order valence-electron chi connectivity index (χ3n) is 8.05. The van der Waals surface area contributed by atoms with Crippen LogP contribution < -0.4 is 10.1 Å². The number of benzene rings is 2. The first kappa shape index (κ1) is 26.8. The molecule has 2 aliphatic rings. The van der Waals surface area contributed by atoms with Gasteiger partial charge in [0.15, 0.2) is 0 Å². The number of rotatable bonds is 6. The highest BCUT2D eigenvalue weighted by Gasteiger charge is 2.54. The molecule has 2 aromatic carbocycles. The highest BCUT2D eigenvalue weighted by atomic mass is 19.3. The summed E-state index contributed by atoms with van der Waals surface area (Å²) in [7, 11) is 1.47. The Labute approximate surface area is 233 Å². The van der Waals surface area contributed by atoms with Crippen molar-refractivity contribution in [3.8, 4) is 22.9 Å². The zero-order valence-electron chi connectivity index (χ0n) is 22.3. The maximum absolute atomic E-state index is 15.2. The summed E-state index contributed by atoms with van der Waals surface area (Å²) in [6.45, 7) is -1.35. The number of nitrogens with one attached hydrogen (secondary N) is 1. The number of alkyl halides is 2. The fourth-order valence-electron chi connectivity index (χ4n) is 6.36. The van der Waals surface area contributed by atoms with Crippen LogP contribution in [0.15, 0.2) is 48.7 Å². The van der Waals surface area contributed by atoms with Gasteiger partial charge in [0, 0.05) is 49.2 Å². The van der Waals surface area contributed by atoms with E-state index in [1.165, 1.54) is 31.4 Å². The summed E-state index contributed by atoms with van der Waals surface area (Å²) in [6.07, 6.45) is 2.75. The number of aliphatic hydroxyl groups is 1. The van der Waals surface area contributed by atoms with Gasteiger partial charge in [-0.05, 0) is 49.2 Å². The molecule has 3 heterocycles. The van der Waals surface area contributed by atoms with Crippen molar-refractivity contribution in [1.82, 2.24) is 19.9 Å². The van der Waals surface area contributed by atoms with E-state index in [2.05, 4.69) is 16.4 Å². The number of fused-ring (bicyclic) bond motifs is 3. The molecule has 0 unspecified atom stereocenters. The number of halogens is 3. The molecule has 0 radical (unpaired) electrons. The van der Waals surface area contributed by atoms with Crippen LogP contribution in [0.25, 0.3) is 22.2 Å². The van der Waals surface area contributed by atoms with E-state index in [4.69, 9.17) is 9.72 Å². The van der Waals surface area contributed by atoms with Crippen molar-refractivity contribution in [2.45, 2.75) is 50.9 Å². The van der Waals surface area contributed by atoms with E-state index in [-0.39, 0.29) is 29.8 Å². The number of hydrogen-bond donors (Lipinski definition) is 2. The first-order valence-corrected chi connectivity index (χ1v) is 13.2. The standard InChI is InChI=1S/C30H26F3N5O3/c1-29(15-34)13-30(40,14-29)26-19(31)10-17(12-36-26)16-6-7-20-22(11-16)38-21(8-9-24(38)37-20)25-18(27(39)35-2)4-3-5-23(25)41-28(32)33/h3-7,10-12,21,28,40H,8-9,13-14H2,1-2H3,(H,35,39)/t21-,29-,30+/m1/s1. The van der Waals surface area contributed by atoms with Crippen LogP contribution in [0.1, 0.15) is 59.7 Å². The highest BCUT2D eigenvalue weighted by Crippen LogP contribution is 2.53. The number of nitriles is 1.